The number of carbonyl (C=O) groups is 2. The van der Waals surface area contributed by atoms with Gasteiger partial charge in [0.1, 0.15) is 5.70 Å². The van der Waals surface area contributed by atoms with Gasteiger partial charge in [0, 0.05) is 17.3 Å². The first-order chi connectivity index (χ1) is 12.4. The van der Waals surface area contributed by atoms with Crippen LogP contribution in [0.25, 0.3) is 5.57 Å². The fourth-order valence-electron chi connectivity index (χ4n) is 2.97. The number of halogens is 1. The van der Waals surface area contributed by atoms with Crippen LogP contribution in [0.15, 0.2) is 48.2 Å². The maximum absolute atomic E-state index is 12.9. The van der Waals surface area contributed by atoms with Crippen molar-refractivity contribution < 1.29 is 9.59 Å². The monoisotopic (exact) mass is 368 g/mol. The second kappa shape index (κ2) is 7.34. The molecule has 3 rings (SSSR count). The van der Waals surface area contributed by atoms with E-state index in [1.165, 1.54) is 4.90 Å². The van der Waals surface area contributed by atoms with E-state index < -0.39 is 0 Å². The van der Waals surface area contributed by atoms with Crippen molar-refractivity contribution >= 4 is 34.7 Å². The van der Waals surface area contributed by atoms with Crippen molar-refractivity contribution in [1.82, 2.24) is 4.90 Å². The van der Waals surface area contributed by atoms with Crippen LogP contribution in [0.5, 0.6) is 0 Å². The molecular formula is C21H21ClN2O2. The molecule has 2 aromatic carbocycles. The van der Waals surface area contributed by atoms with Crippen molar-refractivity contribution in [2.24, 2.45) is 0 Å². The predicted molar refractivity (Wildman–Crippen MR) is 105 cm³/mol. The molecule has 0 unspecified atom stereocenters. The molecule has 0 saturated carbocycles. The van der Waals surface area contributed by atoms with Gasteiger partial charge in [0.05, 0.1) is 5.57 Å². The Hall–Kier alpha value is -2.59. The second-order valence-electron chi connectivity index (χ2n) is 6.46. The summed E-state index contributed by atoms with van der Waals surface area (Å²) in [7, 11) is 0. The third-order valence-electron chi connectivity index (χ3n) is 4.41. The SMILES string of the molecule is CCCN1C(=O)C(Nc2cc(Cl)ccc2C)=C(c2ccc(C)cc2)C1=O. The molecule has 1 heterocycles. The number of hydrogen-bond acceptors (Lipinski definition) is 3. The summed E-state index contributed by atoms with van der Waals surface area (Å²) in [6, 6.07) is 13.0. The summed E-state index contributed by atoms with van der Waals surface area (Å²) in [6.45, 7) is 6.25. The highest BCUT2D eigenvalue weighted by Gasteiger charge is 2.38. The van der Waals surface area contributed by atoms with Crippen LogP contribution < -0.4 is 5.32 Å². The molecule has 0 fully saturated rings. The lowest BCUT2D eigenvalue weighted by Crippen LogP contribution is -2.33. The fraction of sp³-hybridized carbons (Fsp3) is 0.238. The standard InChI is InChI=1S/C21H21ClN2O2/c1-4-11-24-20(25)18(15-8-5-13(2)6-9-15)19(21(24)26)23-17-12-16(22)10-7-14(17)3/h5-10,12,23H,4,11H2,1-3H3. The van der Waals surface area contributed by atoms with Crippen molar-refractivity contribution in [3.8, 4) is 0 Å². The number of benzene rings is 2. The zero-order valence-corrected chi connectivity index (χ0v) is 15.9. The molecule has 0 aliphatic carbocycles. The van der Waals surface area contributed by atoms with Crippen LogP contribution in [0.3, 0.4) is 0 Å². The highest BCUT2D eigenvalue weighted by molar-refractivity contribution is 6.36. The number of amides is 2. The van der Waals surface area contributed by atoms with Gasteiger partial charge in [-0.3, -0.25) is 14.5 Å². The van der Waals surface area contributed by atoms with Gasteiger partial charge in [-0.05, 0) is 43.5 Å². The number of nitrogens with one attached hydrogen (secondary N) is 1. The van der Waals surface area contributed by atoms with Crippen LogP contribution in [0.4, 0.5) is 5.69 Å². The maximum Gasteiger partial charge on any atom is 0.278 e. The smallest absolute Gasteiger partial charge is 0.278 e. The Labute approximate surface area is 158 Å². The second-order valence-corrected chi connectivity index (χ2v) is 6.90. The molecule has 0 spiro atoms. The van der Waals surface area contributed by atoms with Gasteiger partial charge in [-0.1, -0.05) is 54.4 Å². The van der Waals surface area contributed by atoms with Gasteiger partial charge >= 0.3 is 0 Å². The highest BCUT2D eigenvalue weighted by Crippen LogP contribution is 2.32. The Balaban J connectivity index is 2.10. The lowest BCUT2D eigenvalue weighted by Gasteiger charge is -2.14. The van der Waals surface area contributed by atoms with Crippen molar-refractivity contribution in [2.75, 3.05) is 11.9 Å². The quantitative estimate of drug-likeness (QED) is 0.787. The Morgan fingerprint density at radius 3 is 2.35 bits per heavy atom. The number of nitrogens with zero attached hydrogens (tertiary/aromatic N) is 1. The predicted octanol–water partition coefficient (Wildman–Crippen LogP) is 4.56. The average Bonchev–Trinajstić information content (AvgIpc) is 2.84. The maximum atomic E-state index is 12.9. The third kappa shape index (κ3) is 3.37. The van der Waals surface area contributed by atoms with Crippen molar-refractivity contribution in [3.63, 3.8) is 0 Å². The molecule has 1 aliphatic heterocycles. The molecule has 134 valence electrons. The van der Waals surface area contributed by atoms with E-state index in [2.05, 4.69) is 5.32 Å². The first-order valence-electron chi connectivity index (χ1n) is 8.63. The summed E-state index contributed by atoms with van der Waals surface area (Å²) in [5, 5.41) is 3.73. The van der Waals surface area contributed by atoms with E-state index in [0.29, 0.717) is 29.3 Å². The summed E-state index contributed by atoms with van der Waals surface area (Å²) >= 11 is 6.10. The Morgan fingerprint density at radius 2 is 1.69 bits per heavy atom. The number of rotatable bonds is 5. The van der Waals surface area contributed by atoms with Gasteiger partial charge in [0.2, 0.25) is 0 Å². The van der Waals surface area contributed by atoms with Crippen molar-refractivity contribution in [2.45, 2.75) is 27.2 Å². The number of carbonyl (C=O) groups excluding carboxylic acids is 2. The van der Waals surface area contributed by atoms with E-state index in [1.807, 2.05) is 51.1 Å². The van der Waals surface area contributed by atoms with Crippen LogP contribution >= 0.6 is 11.6 Å². The van der Waals surface area contributed by atoms with Gasteiger partial charge in [0.15, 0.2) is 0 Å². The van der Waals surface area contributed by atoms with Gasteiger partial charge < -0.3 is 5.32 Å². The molecule has 26 heavy (non-hydrogen) atoms. The third-order valence-corrected chi connectivity index (χ3v) is 4.65. The van der Waals surface area contributed by atoms with Gasteiger partial charge in [-0.25, -0.2) is 0 Å². The number of anilines is 1. The zero-order valence-electron chi connectivity index (χ0n) is 15.1. The molecule has 1 aliphatic rings. The van der Waals surface area contributed by atoms with E-state index in [0.717, 1.165) is 22.4 Å². The average molecular weight is 369 g/mol. The van der Waals surface area contributed by atoms with Crippen molar-refractivity contribution in [3.05, 3.63) is 69.9 Å². The zero-order chi connectivity index (χ0) is 18.8. The largest absolute Gasteiger partial charge is 0.350 e. The van der Waals surface area contributed by atoms with E-state index in [9.17, 15) is 9.59 Å². The summed E-state index contributed by atoms with van der Waals surface area (Å²) in [5.74, 6) is -0.560. The molecular weight excluding hydrogens is 348 g/mol. The Bertz CT molecular complexity index is 901. The fourth-order valence-corrected chi connectivity index (χ4v) is 3.14. The summed E-state index contributed by atoms with van der Waals surface area (Å²) in [4.78, 5) is 27.1. The van der Waals surface area contributed by atoms with Crippen LogP contribution in [0.2, 0.25) is 5.02 Å². The molecule has 0 radical (unpaired) electrons. The first kappa shape index (κ1) is 18.2. The van der Waals surface area contributed by atoms with Crippen LogP contribution in [0, 0.1) is 13.8 Å². The number of hydrogen-bond donors (Lipinski definition) is 1. The topological polar surface area (TPSA) is 49.4 Å². The molecule has 0 bridgehead atoms. The Morgan fingerprint density at radius 1 is 1.00 bits per heavy atom. The molecule has 0 atom stereocenters. The van der Waals surface area contributed by atoms with Gasteiger partial charge in [-0.15, -0.1) is 0 Å². The summed E-state index contributed by atoms with van der Waals surface area (Å²) < 4.78 is 0. The minimum atomic E-state index is -0.299. The van der Waals surface area contributed by atoms with Crippen LogP contribution in [0.1, 0.15) is 30.0 Å². The lowest BCUT2D eigenvalue weighted by atomic mass is 10.0. The molecule has 1 N–H and O–H groups in total. The lowest BCUT2D eigenvalue weighted by molar-refractivity contribution is -0.136. The van der Waals surface area contributed by atoms with E-state index in [1.54, 1.807) is 12.1 Å². The minimum absolute atomic E-state index is 0.261. The van der Waals surface area contributed by atoms with E-state index in [4.69, 9.17) is 11.6 Å². The van der Waals surface area contributed by atoms with Gasteiger partial charge in [0.25, 0.3) is 11.8 Å². The number of imide groups is 1. The molecule has 0 saturated heterocycles. The molecule has 4 nitrogen and oxygen atoms in total. The van der Waals surface area contributed by atoms with E-state index >= 15 is 0 Å². The highest BCUT2D eigenvalue weighted by atomic mass is 35.5. The first-order valence-corrected chi connectivity index (χ1v) is 9.01. The normalized spacial score (nSPS) is 14.4. The van der Waals surface area contributed by atoms with Gasteiger partial charge in [-0.2, -0.15) is 0 Å². The van der Waals surface area contributed by atoms with Crippen LogP contribution in [-0.4, -0.2) is 23.3 Å². The van der Waals surface area contributed by atoms with E-state index in [-0.39, 0.29) is 11.8 Å². The molecule has 2 aromatic rings. The van der Waals surface area contributed by atoms with Crippen molar-refractivity contribution in [1.29, 1.82) is 0 Å². The molecule has 2 amide bonds. The summed E-state index contributed by atoms with van der Waals surface area (Å²) in [6.07, 6.45) is 0.710. The van der Waals surface area contributed by atoms with Crippen LogP contribution in [-0.2, 0) is 9.59 Å². The molecule has 5 heteroatoms. The minimum Gasteiger partial charge on any atom is -0.350 e. The Kier molecular flexibility index (Phi) is 5.14. The molecule has 0 aromatic heterocycles. The summed E-state index contributed by atoms with van der Waals surface area (Å²) in [5.41, 5.74) is 4.20. The number of aryl methyl sites for hydroxylation is 2.